The largest absolute Gasteiger partial charge is 0.508 e. The zero-order valence-corrected chi connectivity index (χ0v) is 9.82. The summed E-state index contributed by atoms with van der Waals surface area (Å²) in [4.78, 5) is 4.08. The average Bonchev–Trinajstić information content (AvgIpc) is 2.16. The minimum absolute atomic E-state index is 0.252. The van der Waals surface area contributed by atoms with Gasteiger partial charge in [-0.05, 0) is 42.3 Å². The molecule has 1 aromatic heterocycles. The summed E-state index contributed by atoms with van der Waals surface area (Å²) in [5.41, 5.74) is 3.14. The Morgan fingerprint density at radius 1 is 1.27 bits per heavy atom. The van der Waals surface area contributed by atoms with Gasteiger partial charge in [0, 0.05) is 22.4 Å². The number of hydrogen-bond acceptors (Lipinski definition) is 2. The standard InChI is InChI=1S/C12H10BrNO/c1-8-2-3-14-7-12(8)9-4-10(13)6-11(15)5-9/h2-7,15H,1H3. The van der Waals surface area contributed by atoms with Crippen molar-refractivity contribution in [3.05, 3.63) is 46.7 Å². The molecule has 1 heterocycles. The van der Waals surface area contributed by atoms with Crippen molar-refractivity contribution >= 4 is 15.9 Å². The average molecular weight is 264 g/mol. The van der Waals surface area contributed by atoms with Crippen LogP contribution in [0, 0.1) is 6.92 Å². The van der Waals surface area contributed by atoms with E-state index in [2.05, 4.69) is 20.9 Å². The van der Waals surface area contributed by atoms with Crippen molar-refractivity contribution in [3.8, 4) is 16.9 Å². The van der Waals surface area contributed by atoms with E-state index in [0.717, 1.165) is 21.2 Å². The van der Waals surface area contributed by atoms with E-state index in [1.165, 1.54) is 0 Å². The van der Waals surface area contributed by atoms with Gasteiger partial charge >= 0.3 is 0 Å². The van der Waals surface area contributed by atoms with Crippen LogP contribution >= 0.6 is 15.9 Å². The third kappa shape index (κ3) is 2.18. The van der Waals surface area contributed by atoms with Gasteiger partial charge in [0.05, 0.1) is 0 Å². The second-order valence-corrected chi connectivity index (χ2v) is 4.30. The molecule has 2 rings (SSSR count). The third-order valence-electron chi connectivity index (χ3n) is 2.23. The fraction of sp³-hybridized carbons (Fsp3) is 0.0833. The monoisotopic (exact) mass is 263 g/mol. The van der Waals surface area contributed by atoms with Crippen LogP contribution in [0.3, 0.4) is 0 Å². The van der Waals surface area contributed by atoms with Crippen molar-refractivity contribution in [2.45, 2.75) is 6.92 Å². The minimum atomic E-state index is 0.252. The number of aryl methyl sites for hydroxylation is 1. The Morgan fingerprint density at radius 3 is 2.73 bits per heavy atom. The van der Waals surface area contributed by atoms with Gasteiger partial charge in [-0.2, -0.15) is 0 Å². The lowest BCUT2D eigenvalue weighted by atomic mass is 10.0. The zero-order valence-electron chi connectivity index (χ0n) is 8.24. The van der Waals surface area contributed by atoms with E-state index >= 15 is 0 Å². The molecule has 3 heteroatoms. The van der Waals surface area contributed by atoms with E-state index in [-0.39, 0.29) is 5.75 Å². The summed E-state index contributed by atoms with van der Waals surface area (Å²) >= 11 is 3.35. The molecule has 0 atom stereocenters. The van der Waals surface area contributed by atoms with Gasteiger partial charge in [0.2, 0.25) is 0 Å². The summed E-state index contributed by atoms with van der Waals surface area (Å²) in [6.45, 7) is 2.02. The number of aromatic hydroxyl groups is 1. The molecule has 0 unspecified atom stereocenters. The molecule has 0 aliphatic rings. The lowest BCUT2D eigenvalue weighted by molar-refractivity contribution is 0.475. The minimum Gasteiger partial charge on any atom is -0.508 e. The van der Waals surface area contributed by atoms with Gasteiger partial charge in [-0.1, -0.05) is 15.9 Å². The number of phenolic OH excluding ortho intramolecular Hbond substituents is 1. The SMILES string of the molecule is Cc1ccncc1-c1cc(O)cc(Br)c1. The maximum Gasteiger partial charge on any atom is 0.117 e. The van der Waals surface area contributed by atoms with Gasteiger partial charge < -0.3 is 5.11 Å². The highest BCUT2D eigenvalue weighted by Gasteiger charge is 2.04. The number of hydrogen-bond donors (Lipinski definition) is 1. The number of nitrogens with zero attached hydrogens (tertiary/aromatic N) is 1. The van der Waals surface area contributed by atoms with Crippen molar-refractivity contribution < 1.29 is 5.11 Å². The normalized spacial score (nSPS) is 10.3. The molecular formula is C12H10BrNO. The van der Waals surface area contributed by atoms with Crippen LogP contribution in [0.15, 0.2) is 41.1 Å². The van der Waals surface area contributed by atoms with Crippen LogP contribution < -0.4 is 0 Å². The smallest absolute Gasteiger partial charge is 0.117 e. The molecule has 1 aromatic carbocycles. The maximum atomic E-state index is 9.50. The first-order valence-corrected chi connectivity index (χ1v) is 5.36. The number of pyridine rings is 1. The molecule has 76 valence electrons. The Balaban J connectivity index is 2.59. The Hall–Kier alpha value is -1.35. The first-order chi connectivity index (χ1) is 7.16. The van der Waals surface area contributed by atoms with Gasteiger partial charge in [0.25, 0.3) is 0 Å². The molecule has 2 aromatic rings. The van der Waals surface area contributed by atoms with Gasteiger partial charge in [-0.15, -0.1) is 0 Å². The first kappa shape index (κ1) is 10.2. The number of aromatic nitrogens is 1. The molecule has 0 amide bonds. The molecule has 0 saturated carbocycles. The predicted octanol–water partition coefficient (Wildman–Crippen LogP) is 3.53. The number of rotatable bonds is 1. The Kier molecular flexibility index (Phi) is 2.73. The van der Waals surface area contributed by atoms with Crippen LogP contribution in [-0.2, 0) is 0 Å². The summed E-state index contributed by atoms with van der Waals surface area (Å²) in [7, 11) is 0. The van der Waals surface area contributed by atoms with E-state index in [4.69, 9.17) is 0 Å². The van der Waals surface area contributed by atoms with Crippen LogP contribution in [0.5, 0.6) is 5.75 Å². The predicted molar refractivity (Wildman–Crippen MR) is 63.8 cm³/mol. The van der Waals surface area contributed by atoms with Crippen LogP contribution in [0.2, 0.25) is 0 Å². The van der Waals surface area contributed by atoms with Crippen LogP contribution in [0.25, 0.3) is 11.1 Å². The van der Waals surface area contributed by atoms with E-state index in [0.29, 0.717) is 0 Å². The lowest BCUT2D eigenvalue weighted by Gasteiger charge is -2.06. The fourth-order valence-corrected chi connectivity index (χ4v) is 1.98. The van der Waals surface area contributed by atoms with E-state index in [9.17, 15) is 5.11 Å². The summed E-state index contributed by atoms with van der Waals surface area (Å²) in [5, 5.41) is 9.50. The second-order valence-electron chi connectivity index (χ2n) is 3.39. The number of benzene rings is 1. The molecule has 1 N–H and O–H groups in total. The van der Waals surface area contributed by atoms with Gasteiger partial charge in [-0.25, -0.2) is 0 Å². The van der Waals surface area contributed by atoms with Gasteiger partial charge in [-0.3, -0.25) is 4.98 Å². The van der Waals surface area contributed by atoms with Crippen molar-refractivity contribution in [1.29, 1.82) is 0 Å². The highest BCUT2D eigenvalue weighted by Crippen LogP contribution is 2.29. The van der Waals surface area contributed by atoms with Crippen LogP contribution in [-0.4, -0.2) is 10.1 Å². The van der Waals surface area contributed by atoms with Crippen molar-refractivity contribution in [2.24, 2.45) is 0 Å². The van der Waals surface area contributed by atoms with Crippen LogP contribution in [0.1, 0.15) is 5.56 Å². The van der Waals surface area contributed by atoms with Crippen molar-refractivity contribution in [3.63, 3.8) is 0 Å². The van der Waals surface area contributed by atoms with E-state index in [1.807, 2.05) is 19.1 Å². The molecule has 0 spiro atoms. The zero-order chi connectivity index (χ0) is 10.8. The molecule has 0 aliphatic carbocycles. The Bertz CT molecular complexity index is 476. The summed E-state index contributed by atoms with van der Waals surface area (Å²) in [5.74, 6) is 0.252. The highest BCUT2D eigenvalue weighted by molar-refractivity contribution is 9.10. The summed E-state index contributed by atoms with van der Waals surface area (Å²) < 4.78 is 0.862. The quantitative estimate of drug-likeness (QED) is 0.854. The topological polar surface area (TPSA) is 33.1 Å². The molecule has 0 radical (unpaired) electrons. The van der Waals surface area contributed by atoms with Crippen molar-refractivity contribution in [2.75, 3.05) is 0 Å². The molecule has 0 saturated heterocycles. The first-order valence-electron chi connectivity index (χ1n) is 4.57. The van der Waals surface area contributed by atoms with E-state index in [1.54, 1.807) is 24.5 Å². The second kappa shape index (κ2) is 4.03. The van der Waals surface area contributed by atoms with Crippen LogP contribution in [0.4, 0.5) is 0 Å². The highest BCUT2D eigenvalue weighted by atomic mass is 79.9. The maximum absolute atomic E-state index is 9.50. The van der Waals surface area contributed by atoms with Gasteiger partial charge in [0.15, 0.2) is 0 Å². The Morgan fingerprint density at radius 2 is 2.07 bits per heavy atom. The number of halogens is 1. The van der Waals surface area contributed by atoms with Gasteiger partial charge in [0.1, 0.15) is 5.75 Å². The molecule has 0 bridgehead atoms. The molecule has 15 heavy (non-hydrogen) atoms. The molecular weight excluding hydrogens is 254 g/mol. The summed E-state index contributed by atoms with van der Waals surface area (Å²) in [6.07, 6.45) is 3.56. The molecule has 0 fully saturated rings. The summed E-state index contributed by atoms with van der Waals surface area (Å²) in [6, 6.07) is 7.31. The molecule has 0 aliphatic heterocycles. The van der Waals surface area contributed by atoms with Crippen molar-refractivity contribution in [1.82, 2.24) is 4.98 Å². The lowest BCUT2D eigenvalue weighted by Crippen LogP contribution is -1.84. The molecule has 2 nitrogen and oxygen atoms in total. The number of phenols is 1. The fourth-order valence-electron chi connectivity index (χ4n) is 1.50. The van der Waals surface area contributed by atoms with E-state index < -0.39 is 0 Å². The third-order valence-corrected chi connectivity index (χ3v) is 2.69. The Labute approximate surface area is 96.7 Å².